The summed E-state index contributed by atoms with van der Waals surface area (Å²) in [5.74, 6) is -0.500. The Bertz CT molecular complexity index is 635. The van der Waals surface area contributed by atoms with Crippen molar-refractivity contribution >= 4 is 5.97 Å². The summed E-state index contributed by atoms with van der Waals surface area (Å²) >= 11 is 0. The lowest BCUT2D eigenvalue weighted by Crippen LogP contribution is -2.30. The predicted molar refractivity (Wildman–Crippen MR) is 70.7 cm³/mol. The lowest BCUT2D eigenvalue weighted by molar-refractivity contribution is -0.144. The molecule has 1 atom stereocenters. The molecule has 0 amide bonds. The Hall–Kier alpha value is -2.43. The Labute approximate surface area is 110 Å². The lowest BCUT2D eigenvalue weighted by atomic mass is 10.1. The summed E-state index contributed by atoms with van der Waals surface area (Å²) in [5, 5.41) is 4.21. The van der Waals surface area contributed by atoms with Crippen molar-refractivity contribution in [2.24, 2.45) is 0 Å². The topological polar surface area (TPSA) is 61.2 Å². The zero-order valence-electron chi connectivity index (χ0n) is 10.7. The van der Waals surface area contributed by atoms with E-state index in [-0.39, 0.29) is 5.56 Å². The van der Waals surface area contributed by atoms with E-state index in [2.05, 4.69) is 9.84 Å². The molecule has 0 saturated carbocycles. The number of carbonyl (C=O) groups excluding carboxylic acids is 1. The molecule has 2 rings (SSSR count). The van der Waals surface area contributed by atoms with Crippen LogP contribution in [0.15, 0.2) is 47.3 Å². The van der Waals surface area contributed by atoms with Crippen LogP contribution in [-0.4, -0.2) is 22.9 Å². The largest absolute Gasteiger partial charge is 0.467 e. The summed E-state index contributed by atoms with van der Waals surface area (Å²) in [5.41, 5.74) is 1.18. The molecule has 0 bridgehead atoms. The smallest absolute Gasteiger partial charge is 0.330 e. The first kappa shape index (κ1) is 13.0. The van der Waals surface area contributed by atoms with E-state index in [1.165, 1.54) is 13.2 Å². The average molecular weight is 258 g/mol. The Morgan fingerprint density at radius 3 is 2.53 bits per heavy atom. The van der Waals surface area contributed by atoms with E-state index in [1.807, 2.05) is 30.3 Å². The van der Waals surface area contributed by atoms with Crippen LogP contribution in [0.5, 0.6) is 0 Å². The van der Waals surface area contributed by atoms with Crippen molar-refractivity contribution in [1.29, 1.82) is 0 Å². The van der Waals surface area contributed by atoms with Crippen LogP contribution in [0.25, 0.3) is 11.3 Å². The number of methoxy groups -OCH3 is 1. The minimum atomic E-state index is -0.749. The molecule has 0 aliphatic rings. The summed E-state index contributed by atoms with van der Waals surface area (Å²) in [7, 11) is 1.28. The van der Waals surface area contributed by atoms with E-state index in [1.54, 1.807) is 13.0 Å². The standard InChI is InChI=1S/C14H14N2O3/c1-10(14(18)19-2)16-13(17)9-8-12(15-16)11-6-4-3-5-7-11/h3-10H,1-2H3/t10-/m1/s1. The summed E-state index contributed by atoms with van der Waals surface area (Å²) in [4.78, 5) is 23.2. The maximum atomic E-state index is 11.8. The van der Waals surface area contributed by atoms with Crippen molar-refractivity contribution in [3.8, 4) is 11.3 Å². The number of aromatic nitrogens is 2. The normalized spacial score (nSPS) is 11.9. The molecule has 2 aromatic rings. The average Bonchev–Trinajstić information content (AvgIpc) is 2.47. The molecule has 1 aromatic carbocycles. The van der Waals surface area contributed by atoms with E-state index < -0.39 is 12.0 Å². The summed E-state index contributed by atoms with van der Waals surface area (Å²) in [6.45, 7) is 1.58. The molecule has 0 saturated heterocycles. The van der Waals surface area contributed by atoms with Gasteiger partial charge in [0.15, 0.2) is 6.04 Å². The van der Waals surface area contributed by atoms with Crippen LogP contribution in [0, 0.1) is 0 Å². The number of benzene rings is 1. The monoisotopic (exact) mass is 258 g/mol. The summed E-state index contributed by atoms with van der Waals surface area (Å²) in [6.07, 6.45) is 0. The summed E-state index contributed by atoms with van der Waals surface area (Å²) < 4.78 is 5.76. The zero-order chi connectivity index (χ0) is 13.8. The van der Waals surface area contributed by atoms with E-state index in [4.69, 9.17) is 0 Å². The van der Waals surface area contributed by atoms with Gasteiger partial charge in [-0.1, -0.05) is 30.3 Å². The van der Waals surface area contributed by atoms with Gasteiger partial charge in [0.05, 0.1) is 12.8 Å². The number of hydrogen-bond acceptors (Lipinski definition) is 4. The molecule has 98 valence electrons. The Morgan fingerprint density at radius 2 is 1.89 bits per heavy atom. The molecule has 0 spiro atoms. The Kier molecular flexibility index (Phi) is 3.75. The van der Waals surface area contributed by atoms with Gasteiger partial charge in [-0.25, -0.2) is 9.48 Å². The van der Waals surface area contributed by atoms with Crippen LogP contribution in [0.4, 0.5) is 0 Å². The molecule has 0 aliphatic carbocycles. The molecule has 0 unspecified atom stereocenters. The molecule has 0 aliphatic heterocycles. The second kappa shape index (κ2) is 5.48. The molecule has 5 nitrogen and oxygen atoms in total. The molecule has 5 heteroatoms. The van der Waals surface area contributed by atoms with Crippen molar-refractivity contribution in [3.05, 3.63) is 52.8 Å². The third kappa shape index (κ3) is 2.70. The van der Waals surface area contributed by atoms with Crippen LogP contribution in [0.2, 0.25) is 0 Å². The molecule has 0 N–H and O–H groups in total. The van der Waals surface area contributed by atoms with Gasteiger partial charge in [-0.15, -0.1) is 0 Å². The highest BCUT2D eigenvalue weighted by Gasteiger charge is 2.18. The third-order valence-corrected chi connectivity index (χ3v) is 2.80. The highest BCUT2D eigenvalue weighted by Crippen LogP contribution is 2.15. The van der Waals surface area contributed by atoms with Crippen molar-refractivity contribution in [2.45, 2.75) is 13.0 Å². The second-order valence-corrected chi connectivity index (χ2v) is 4.07. The molecule has 0 fully saturated rings. The van der Waals surface area contributed by atoms with Crippen LogP contribution in [0.1, 0.15) is 13.0 Å². The van der Waals surface area contributed by atoms with Gasteiger partial charge < -0.3 is 4.74 Å². The first-order chi connectivity index (χ1) is 9.13. The maximum Gasteiger partial charge on any atom is 0.330 e. The molecular weight excluding hydrogens is 244 g/mol. The van der Waals surface area contributed by atoms with Crippen molar-refractivity contribution < 1.29 is 9.53 Å². The van der Waals surface area contributed by atoms with Gasteiger partial charge in [0.2, 0.25) is 0 Å². The minimum Gasteiger partial charge on any atom is -0.467 e. The number of ether oxygens (including phenoxy) is 1. The summed E-state index contributed by atoms with van der Waals surface area (Å²) in [6, 6.07) is 11.7. The van der Waals surface area contributed by atoms with Crippen molar-refractivity contribution in [1.82, 2.24) is 9.78 Å². The van der Waals surface area contributed by atoms with Crippen LogP contribution < -0.4 is 5.56 Å². The fourth-order valence-electron chi connectivity index (χ4n) is 1.74. The number of carbonyl (C=O) groups is 1. The molecule has 1 aromatic heterocycles. The molecule has 19 heavy (non-hydrogen) atoms. The Balaban J connectivity index is 2.46. The zero-order valence-corrected chi connectivity index (χ0v) is 10.7. The predicted octanol–water partition coefficient (Wildman–Crippen LogP) is 1.64. The van der Waals surface area contributed by atoms with Gasteiger partial charge >= 0.3 is 5.97 Å². The van der Waals surface area contributed by atoms with Gasteiger partial charge in [-0.2, -0.15) is 5.10 Å². The highest BCUT2D eigenvalue weighted by atomic mass is 16.5. The molecule has 1 heterocycles. The van der Waals surface area contributed by atoms with Gasteiger partial charge in [0.1, 0.15) is 0 Å². The van der Waals surface area contributed by atoms with E-state index in [0.717, 1.165) is 10.2 Å². The fraction of sp³-hybridized carbons (Fsp3) is 0.214. The number of esters is 1. The quantitative estimate of drug-likeness (QED) is 0.785. The van der Waals surface area contributed by atoms with Gasteiger partial charge in [0, 0.05) is 11.6 Å². The molecular formula is C14H14N2O3. The van der Waals surface area contributed by atoms with E-state index >= 15 is 0 Å². The van der Waals surface area contributed by atoms with Crippen LogP contribution >= 0.6 is 0 Å². The van der Waals surface area contributed by atoms with Crippen LogP contribution in [0.3, 0.4) is 0 Å². The lowest BCUT2D eigenvalue weighted by Gasteiger charge is -2.12. The van der Waals surface area contributed by atoms with Gasteiger partial charge in [-0.3, -0.25) is 4.79 Å². The van der Waals surface area contributed by atoms with Gasteiger partial charge in [0.25, 0.3) is 5.56 Å². The Morgan fingerprint density at radius 1 is 1.21 bits per heavy atom. The van der Waals surface area contributed by atoms with Crippen molar-refractivity contribution in [3.63, 3.8) is 0 Å². The van der Waals surface area contributed by atoms with Crippen molar-refractivity contribution in [2.75, 3.05) is 7.11 Å². The van der Waals surface area contributed by atoms with Crippen LogP contribution in [-0.2, 0) is 9.53 Å². The van der Waals surface area contributed by atoms with Gasteiger partial charge in [-0.05, 0) is 13.0 Å². The fourth-order valence-corrected chi connectivity index (χ4v) is 1.74. The third-order valence-electron chi connectivity index (χ3n) is 2.80. The number of nitrogens with zero attached hydrogens (tertiary/aromatic N) is 2. The maximum absolute atomic E-state index is 11.8. The highest BCUT2D eigenvalue weighted by molar-refractivity contribution is 5.73. The SMILES string of the molecule is COC(=O)[C@@H](C)n1nc(-c2ccccc2)ccc1=O. The second-order valence-electron chi connectivity index (χ2n) is 4.07. The number of hydrogen-bond donors (Lipinski definition) is 0. The molecule has 0 radical (unpaired) electrons. The van der Waals surface area contributed by atoms with E-state index in [0.29, 0.717) is 5.69 Å². The number of rotatable bonds is 3. The first-order valence-electron chi connectivity index (χ1n) is 5.86. The first-order valence-corrected chi connectivity index (χ1v) is 5.86. The van der Waals surface area contributed by atoms with E-state index in [9.17, 15) is 9.59 Å². The minimum absolute atomic E-state index is 0.336.